The Hall–Kier alpha value is -0.710. The Morgan fingerprint density at radius 3 is 2.92 bits per heavy atom. The van der Waals surface area contributed by atoms with Crippen molar-refractivity contribution in [1.29, 1.82) is 0 Å². The Balaban J connectivity index is 2.39. The molecule has 1 aliphatic heterocycles. The summed E-state index contributed by atoms with van der Waals surface area (Å²) < 4.78 is 0. The summed E-state index contributed by atoms with van der Waals surface area (Å²) in [6.07, 6.45) is 0.540. The summed E-state index contributed by atoms with van der Waals surface area (Å²) in [6, 6.07) is 0. The van der Waals surface area contributed by atoms with Crippen LogP contribution in [0.3, 0.4) is 0 Å². The van der Waals surface area contributed by atoms with Crippen LogP contribution in [0.2, 0.25) is 0 Å². The Bertz CT molecular complexity index is 208. The number of β-lactam (4-membered cyclic amide) rings is 1. The van der Waals surface area contributed by atoms with Crippen molar-refractivity contribution in [2.75, 3.05) is 5.75 Å². The van der Waals surface area contributed by atoms with E-state index in [-0.39, 0.29) is 17.2 Å². The van der Waals surface area contributed by atoms with Crippen LogP contribution in [0.25, 0.3) is 0 Å². The van der Waals surface area contributed by atoms with Crippen LogP contribution in [0.15, 0.2) is 0 Å². The molecular weight excluding hydrogens is 176 g/mol. The molecule has 2 amide bonds. The number of hydrazine groups is 1. The highest BCUT2D eigenvalue weighted by atomic mass is 32.2. The molecule has 1 aliphatic rings. The van der Waals surface area contributed by atoms with Crippen LogP contribution in [0.1, 0.15) is 20.3 Å². The predicted octanol–water partition coefficient (Wildman–Crippen LogP) is 0.349. The van der Waals surface area contributed by atoms with Gasteiger partial charge in [-0.3, -0.25) is 15.0 Å². The van der Waals surface area contributed by atoms with Crippen LogP contribution in [-0.4, -0.2) is 27.9 Å². The summed E-state index contributed by atoms with van der Waals surface area (Å²) in [5.41, 5.74) is 2.49. The van der Waals surface area contributed by atoms with Crippen molar-refractivity contribution in [3.8, 4) is 0 Å². The molecular formula is C7H12N2O2S. The van der Waals surface area contributed by atoms with E-state index in [1.807, 2.05) is 6.92 Å². The molecule has 0 aromatic heterocycles. The fourth-order valence-electron chi connectivity index (χ4n) is 1.02. The number of thioether (sulfide) groups is 1. The van der Waals surface area contributed by atoms with Gasteiger partial charge in [-0.1, -0.05) is 6.92 Å². The molecule has 1 heterocycles. The van der Waals surface area contributed by atoms with Gasteiger partial charge in [-0.05, 0) is 5.75 Å². The molecule has 5 heteroatoms. The van der Waals surface area contributed by atoms with Crippen molar-refractivity contribution in [2.45, 2.75) is 25.6 Å². The lowest BCUT2D eigenvalue weighted by Gasteiger charge is -2.38. The first kappa shape index (κ1) is 9.38. The van der Waals surface area contributed by atoms with Gasteiger partial charge in [0, 0.05) is 6.92 Å². The molecule has 0 bridgehead atoms. The third-order valence-corrected chi connectivity index (χ3v) is 2.64. The highest BCUT2D eigenvalue weighted by Crippen LogP contribution is 2.26. The number of carbonyl (C=O) groups excluding carboxylic acids is 2. The van der Waals surface area contributed by atoms with Crippen molar-refractivity contribution >= 4 is 23.6 Å². The molecule has 0 radical (unpaired) electrons. The number of carbonyl (C=O) groups is 2. The number of hydrogen-bond acceptors (Lipinski definition) is 3. The second-order valence-corrected chi connectivity index (χ2v) is 4.00. The molecule has 0 unspecified atom stereocenters. The summed E-state index contributed by atoms with van der Waals surface area (Å²) in [4.78, 5) is 21.6. The average molecular weight is 188 g/mol. The summed E-state index contributed by atoms with van der Waals surface area (Å²) in [5, 5.41) is 1.54. The van der Waals surface area contributed by atoms with E-state index in [2.05, 4.69) is 5.43 Å². The molecule has 1 saturated heterocycles. The zero-order chi connectivity index (χ0) is 9.14. The van der Waals surface area contributed by atoms with E-state index in [0.29, 0.717) is 6.42 Å². The fourth-order valence-corrected chi connectivity index (χ4v) is 1.98. The first-order valence-electron chi connectivity index (χ1n) is 3.86. The Morgan fingerprint density at radius 2 is 2.50 bits per heavy atom. The lowest BCUT2D eigenvalue weighted by atomic mass is 10.2. The number of nitrogens with one attached hydrogen (secondary N) is 1. The molecule has 68 valence electrons. The van der Waals surface area contributed by atoms with E-state index < -0.39 is 0 Å². The van der Waals surface area contributed by atoms with Gasteiger partial charge < -0.3 is 0 Å². The highest BCUT2D eigenvalue weighted by molar-refractivity contribution is 7.99. The van der Waals surface area contributed by atoms with Gasteiger partial charge in [0.15, 0.2) is 0 Å². The Morgan fingerprint density at radius 1 is 1.83 bits per heavy atom. The molecule has 1 rings (SSSR count). The molecule has 0 aliphatic carbocycles. The highest BCUT2D eigenvalue weighted by Gasteiger charge is 2.36. The number of nitrogens with zero attached hydrogens (tertiary/aromatic N) is 1. The SMILES string of the molecule is CCS[C@@H]1CC(=O)N1NC(C)=O. The molecule has 4 nitrogen and oxygen atoms in total. The number of amides is 2. The minimum absolute atomic E-state index is 0.00356. The number of rotatable bonds is 3. The van der Waals surface area contributed by atoms with E-state index in [4.69, 9.17) is 0 Å². The molecule has 0 saturated carbocycles. The molecule has 1 N–H and O–H groups in total. The smallest absolute Gasteiger partial charge is 0.245 e. The summed E-state index contributed by atoms with van der Waals surface area (Å²) in [6.45, 7) is 3.43. The quantitative estimate of drug-likeness (QED) is 0.650. The van der Waals surface area contributed by atoms with Crippen LogP contribution < -0.4 is 5.43 Å². The van der Waals surface area contributed by atoms with Crippen LogP contribution in [0.5, 0.6) is 0 Å². The predicted molar refractivity (Wildman–Crippen MR) is 47.2 cm³/mol. The van der Waals surface area contributed by atoms with E-state index in [9.17, 15) is 9.59 Å². The average Bonchev–Trinajstić information content (AvgIpc) is 2.00. The lowest BCUT2D eigenvalue weighted by Crippen LogP contribution is -2.59. The van der Waals surface area contributed by atoms with Crippen LogP contribution >= 0.6 is 11.8 Å². The molecule has 0 spiro atoms. The van der Waals surface area contributed by atoms with Crippen LogP contribution in [0.4, 0.5) is 0 Å². The van der Waals surface area contributed by atoms with Crippen molar-refractivity contribution in [3.05, 3.63) is 0 Å². The zero-order valence-electron chi connectivity index (χ0n) is 7.16. The summed E-state index contributed by atoms with van der Waals surface area (Å²) in [5.74, 6) is 0.759. The van der Waals surface area contributed by atoms with E-state index in [0.717, 1.165) is 5.75 Å². The second kappa shape index (κ2) is 3.80. The minimum Gasteiger partial charge on any atom is -0.274 e. The third-order valence-electron chi connectivity index (χ3n) is 1.54. The molecule has 0 aromatic rings. The molecule has 0 aromatic carbocycles. The van der Waals surface area contributed by atoms with Gasteiger partial charge in [0.05, 0.1) is 6.42 Å². The van der Waals surface area contributed by atoms with E-state index in [1.54, 1.807) is 11.8 Å². The van der Waals surface area contributed by atoms with Crippen molar-refractivity contribution in [2.24, 2.45) is 0 Å². The minimum atomic E-state index is -0.190. The fraction of sp³-hybridized carbons (Fsp3) is 0.714. The van der Waals surface area contributed by atoms with Gasteiger partial charge in [0.25, 0.3) is 0 Å². The van der Waals surface area contributed by atoms with Gasteiger partial charge >= 0.3 is 0 Å². The normalized spacial score (nSPS) is 22.0. The lowest BCUT2D eigenvalue weighted by molar-refractivity contribution is -0.151. The van der Waals surface area contributed by atoms with E-state index in [1.165, 1.54) is 11.9 Å². The van der Waals surface area contributed by atoms with Gasteiger partial charge in [-0.2, -0.15) is 0 Å². The summed E-state index contributed by atoms with van der Waals surface area (Å²) in [7, 11) is 0. The van der Waals surface area contributed by atoms with Crippen molar-refractivity contribution in [3.63, 3.8) is 0 Å². The third kappa shape index (κ3) is 1.91. The maximum Gasteiger partial charge on any atom is 0.245 e. The van der Waals surface area contributed by atoms with Crippen molar-refractivity contribution in [1.82, 2.24) is 10.4 Å². The standard InChI is InChI=1S/C7H12N2O2S/c1-3-12-7-4-6(11)9(7)8-5(2)10/h7H,3-4H2,1-2H3,(H,8,10)/t7-/m1/s1. The summed E-state index contributed by atoms with van der Waals surface area (Å²) >= 11 is 1.66. The van der Waals surface area contributed by atoms with Gasteiger partial charge in [0.2, 0.25) is 11.8 Å². The second-order valence-electron chi connectivity index (χ2n) is 2.55. The van der Waals surface area contributed by atoms with Crippen molar-refractivity contribution < 1.29 is 9.59 Å². The maximum absolute atomic E-state index is 10.9. The maximum atomic E-state index is 10.9. The monoisotopic (exact) mass is 188 g/mol. The molecule has 12 heavy (non-hydrogen) atoms. The Labute approximate surface area is 75.6 Å². The van der Waals surface area contributed by atoms with Gasteiger partial charge in [-0.25, -0.2) is 5.01 Å². The van der Waals surface area contributed by atoms with Gasteiger partial charge in [-0.15, -0.1) is 11.8 Å². The first-order chi connectivity index (χ1) is 5.65. The van der Waals surface area contributed by atoms with Crippen LogP contribution in [-0.2, 0) is 9.59 Å². The topological polar surface area (TPSA) is 49.4 Å². The van der Waals surface area contributed by atoms with E-state index >= 15 is 0 Å². The molecule has 1 fully saturated rings. The molecule has 1 atom stereocenters. The van der Waals surface area contributed by atoms with Crippen LogP contribution in [0, 0.1) is 0 Å². The zero-order valence-corrected chi connectivity index (χ0v) is 7.98. The van der Waals surface area contributed by atoms with Gasteiger partial charge in [0.1, 0.15) is 5.37 Å². The first-order valence-corrected chi connectivity index (χ1v) is 4.91. The number of hydrogen-bond donors (Lipinski definition) is 1. The largest absolute Gasteiger partial charge is 0.274 e. The Kier molecular flexibility index (Phi) is 2.97.